The molecule has 33 heavy (non-hydrogen) atoms. The quantitative estimate of drug-likeness (QED) is 0.605. The lowest BCUT2D eigenvalue weighted by Crippen LogP contribution is -2.49. The van der Waals surface area contributed by atoms with Gasteiger partial charge in [0.15, 0.2) is 0 Å². The molecule has 3 aromatic rings. The number of rotatable bonds is 4. The zero-order valence-electron chi connectivity index (χ0n) is 18.4. The Morgan fingerprint density at radius 1 is 0.818 bits per heavy atom. The number of hydrogen-bond acceptors (Lipinski definition) is 3. The van der Waals surface area contributed by atoms with Crippen LogP contribution in [-0.4, -0.2) is 42.9 Å². The summed E-state index contributed by atoms with van der Waals surface area (Å²) in [5, 5.41) is 0. The number of nitrogens with zero attached hydrogens (tertiary/aromatic N) is 3. The van der Waals surface area contributed by atoms with Crippen LogP contribution in [0.5, 0.6) is 0 Å². The van der Waals surface area contributed by atoms with Crippen molar-refractivity contribution in [2.45, 2.75) is 19.4 Å². The van der Waals surface area contributed by atoms with E-state index in [1.807, 2.05) is 69.3 Å². The predicted octanol–water partition coefficient (Wildman–Crippen LogP) is 4.27. The zero-order valence-corrected chi connectivity index (χ0v) is 18.4. The van der Waals surface area contributed by atoms with Crippen LogP contribution in [0.3, 0.4) is 0 Å². The predicted molar refractivity (Wildman–Crippen MR) is 127 cm³/mol. The Morgan fingerprint density at radius 3 is 2.30 bits per heavy atom. The molecule has 168 valence electrons. The Hall–Kier alpha value is -3.67. The molecule has 0 saturated carbocycles. The van der Waals surface area contributed by atoms with E-state index in [1.165, 1.54) is 6.07 Å². The zero-order chi connectivity index (χ0) is 22.8. The molecule has 5 nitrogen and oxygen atoms in total. The molecule has 0 bridgehead atoms. The second-order valence-corrected chi connectivity index (χ2v) is 8.54. The van der Waals surface area contributed by atoms with Crippen LogP contribution in [0, 0.1) is 5.82 Å². The second kappa shape index (κ2) is 9.06. The lowest BCUT2D eigenvalue weighted by atomic mass is 9.97. The lowest BCUT2D eigenvalue weighted by molar-refractivity contribution is -0.119. The van der Waals surface area contributed by atoms with Crippen molar-refractivity contribution in [1.29, 1.82) is 0 Å². The SMILES string of the molecule is O=C(c1ccc2c(c1)CCC(=O)N2Cc1ccccc1)N1CCN(c2ccccc2F)CC1. The summed E-state index contributed by atoms with van der Waals surface area (Å²) >= 11 is 0. The first kappa shape index (κ1) is 21.2. The van der Waals surface area contributed by atoms with Gasteiger partial charge in [0.25, 0.3) is 5.91 Å². The molecule has 1 saturated heterocycles. The second-order valence-electron chi connectivity index (χ2n) is 8.54. The van der Waals surface area contributed by atoms with E-state index in [4.69, 9.17) is 0 Å². The van der Waals surface area contributed by atoms with Gasteiger partial charge in [0.05, 0.1) is 12.2 Å². The van der Waals surface area contributed by atoms with E-state index in [2.05, 4.69) is 0 Å². The number of amides is 2. The van der Waals surface area contributed by atoms with Crippen LogP contribution in [0.1, 0.15) is 27.9 Å². The molecule has 5 rings (SSSR count). The average Bonchev–Trinajstić information content (AvgIpc) is 2.86. The maximum atomic E-state index is 14.1. The first-order chi connectivity index (χ1) is 16.1. The van der Waals surface area contributed by atoms with Crippen molar-refractivity contribution in [2.75, 3.05) is 36.0 Å². The van der Waals surface area contributed by atoms with Crippen LogP contribution >= 0.6 is 0 Å². The number of piperazine rings is 1. The Bertz CT molecular complexity index is 1170. The molecule has 2 aliphatic rings. The van der Waals surface area contributed by atoms with E-state index < -0.39 is 0 Å². The Labute approximate surface area is 193 Å². The van der Waals surface area contributed by atoms with Crippen molar-refractivity contribution in [3.05, 3.63) is 95.3 Å². The number of benzene rings is 3. The number of carbonyl (C=O) groups is 2. The van der Waals surface area contributed by atoms with Crippen LogP contribution < -0.4 is 9.80 Å². The van der Waals surface area contributed by atoms with Crippen molar-refractivity contribution in [3.8, 4) is 0 Å². The molecule has 0 N–H and O–H groups in total. The van der Waals surface area contributed by atoms with Gasteiger partial charge in [0.2, 0.25) is 5.91 Å². The first-order valence-electron chi connectivity index (χ1n) is 11.4. The minimum Gasteiger partial charge on any atom is -0.366 e. The highest BCUT2D eigenvalue weighted by atomic mass is 19.1. The maximum absolute atomic E-state index is 14.1. The molecular formula is C27H26FN3O2. The fourth-order valence-electron chi connectivity index (χ4n) is 4.67. The number of halogens is 1. The number of hydrogen-bond donors (Lipinski definition) is 0. The monoisotopic (exact) mass is 443 g/mol. The van der Waals surface area contributed by atoms with Gasteiger partial charge in [0.1, 0.15) is 5.82 Å². The molecule has 2 heterocycles. The van der Waals surface area contributed by atoms with Gasteiger partial charge in [-0.3, -0.25) is 9.59 Å². The summed E-state index contributed by atoms with van der Waals surface area (Å²) in [4.78, 5) is 31.4. The van der Waals surface area contributed by atoms with Crippen LogP contribution in [0.15, 0.2) is 72.8 Å². The van der Waals surface area contributed by atoms with Crippen LogP contribution in [0.4, 0.5) is 15.8 Å². The molecule has 0 spiro atoms. The fraction of sp³-hybridized carbons (Fsp3) is 0.259. The largest absolute Gasteiger partial charge is 0.366 e. The Balaban J connectivity index is 1.29. The van der Waals surface area contributed by atoms with E-state index in [0.29, 0.717) is 56.8 Å². The highest BCUT2D eigenvalue weighted by Gasteiger charge is 2.27. The molecule has 0 aliphatic carbocycles. The lowest BCUT2D eigenvalue weighted by Gasteiger charge is -2.36. The molecule has 6 heteroatoms. The van der Waals surface area contributed by atoms with Crippen molar-refractivity contribution in [1.82, 2.24) is 4.90 Å². The third-order valence-corrected chi connectivity index (χ3v) is 6.47. The van der Waals surface area contributed by atoms with Gasteiger partial charge >= 0.3 is 0 Å². The van der Waals surface area contributed by atoms with Gasteiger partial charge in [-0.05, 0) is 47.9 Å². The highest BCUT2D eigenvalue weighted by Crippen LogP contribution is 2.31. The van der Waals surface area contributed by atoms with E-state index in [9.17, 15) is 14.0 Å². The summed E-state index contributed by atoms with van der Waals surface area (Å²) < 4.78 is 14.1. The van der Waals surface area contributed by atoms with E-state index in [-0.39, 0.29) is 17.6 Å². The summed E-state index contributed by atoms with van der Waals surface area (Å²) in [7, 11) is 0. The van der Waals surface area contributed by atoms with E-state index in [1.54, 1.807) is 12.1 Å². The molecule has 0 unspecified atom stereocenters. The van der Waals surface area contributed by atoms with Gasteiger partial charge in [0, 0.05) is 43.9 Å². The molecule has 2 aliphatic heterocycles. The Morgan fingerprint density at radius 2 is 1.55 bits per heavy atom. The number of anilines is 2. The fourth-order valence-corrected chi connectivity index (χ4v) is 4.67. The van der Waals surface area contributed by atoms with Gasteiger partial charge in [-0.2, -0.15) is 0 Å². The van der Waals surface area contributed by atoms with Crippen molar-refractivity contribution < 1.29 is 14.0 Å². The Kier molecular flexibility index (Phi) is 5.82. The third-order valence-electron chi connectivity index (χ3n) is 6.47. The highest BCUT2D eigenvalue weighted by molar-refractivity contribution is 5.99. The summed E-state index contributed by atoms with van der Waals surface area (Å²) in [6, 6.07) is 22.3. The van der Waals surface area contributed by atoms with E-state index >= 15 is 0 Å². The molecule has 0 atom stereocenters. The molecule has 2 amide bonds. The van der Waals surface area contributed by atoms with Crippen molar-refractivity contribution >= 4 is 23.2 Å². The molecular weight excluding hydrogens is 417 g/mol. The molecule has 3 aromatic carbocycles. The number of carbonyl (C=O) groups excluding carboxylic acids is 2. The van der Waals surface area contributed by atoms with Crippen molar-refractivity contribution in [2.24, 2.45) is 0 Å². The summed E-state index contributed by atoms with van der Waals surface area (Å²) in [6.07, 6.45) is 1.08. The molecule has 0 aromatic heterocycles. The summed E-state index contributed by atoms with van der Waals surface area (Å²) in [6.45, 7) is 2.80. The number of fused-ring (bicyclic) bond motifs is 1. The average molecular weight is 444 g/mol. The standard InChI is InChI=1S/C27H26FN3O2/c28-23-8-4-5-9-25(23)29-14-16-30(17-15-29)27(33)22-10-12-24-21(18-22)11-13-26(32)31(24)19-20-6-2-1-3-7-20/h1-10,12,18H,11,13-17,19H2. The van der Waals surface area contributed by atoms with Crippen LogP contribution in [0.2, 0.25) is 0 Å². The minimum absolute atomic E-state index is 0.0162. The normalized spacial score (nSPS) is 16.0. The van der Waals surface area contributed by atoms with Gasteiger partial charge in [-0.25, -0.2) is 4.39 Å². The smallest absolute Gasteiger partial charge is 0.253 e. The summed E-state index contributed by atoms with van der Waals surface area (Å²) in [5.41, 5.74) is 4.22. The number of aryl methyl sites for hydroxylation is 1. The van der Waals surface area contributed by atoms with Gasteiger partial charge in [-0.1, -0.05) is 42.5 Å². The first-order valence-corrected chi connectivity index (χ1v) is 11.4. The summed E-state index contributed by atoms with van der Waals surface area (Å²) in [5.74, 6) is -0.145. The van der Waals surface area contributed by atoms with Crippen LogP contribution in [0.25, 0.3) is 0 Å². The van der Waals surface area contributed by atoms with E-state index in [0.717, 1.165) is 16.8 Å². The van der Waals surface area contributed by atoms with Crippen LogP contribution in [-0.2, 0) is 17.8 Å². The molecule has 1 fully saturated rings. The van der Waals surface area contributed by atoms with Crippen molar-refractivity contribution in [3.63, 3.8) is 0 Å². The minimum atomic E-state index is -0.235. The van der Waals surface area contributed by atoms with Gasteiger partial charge < -0.3 is 14.7 Å². The van der Waals surface area contributed by atoms with Gasteiger partial charge in [-0.15, -0.1) is 0 Å². The number of para-hydroxylation sites is 1. The third kappa shape index (κ3) is 4.33. The topological polar surface area (TPSA) is 43.9 Å². The molecule has 0 radical (unpaired) electrons. The maximum Gasteiger partial charge on any atom is 0.253 e.